The lowest BCUT2D eigenvalue weighted by molar-refractivity contribution is -0.385. The van der Waals surface area contributed by atoms with Crippen LogP contribution >= 0.6 is 0 Å². The maximum absolute atomic E-state index is 12.1. The van der Waals surface area contributed by atoms with E-state index in [0.29, 0.717) is 11.5 Å². The van der Waals surface area contributed by atoms with Crippen LogP contribution in [0.15, 0.2) is 33.7 Å². The van der Waals surface area contributed by atoms with E-state index in [4.69, 9.17) is 10.3 Å². The number of rotatable bonds is 5. The number of nitrogen functional groups attached to an aromatic ring is 1. The smallest absolute Gasteiger partial charge is 0.270 e. The Balaban J connectivity index is 2.26. The molecule has 0 bridgehead atoms. The van der Waals surface area contributed by atoms with Gasteiger partial charge in [0.05, 0.1) is 22.8 Å². The van der Waals surface area contributed by atoms with Gasteiger partial charge < -0.3 is 10.3 Å². The van der Waals surface area contributed by atoms with Crippen LogP contribution in [0, 0.1) is 17.0 Å². The van der Waals surface area contributed by atoms with Gasteiger partial charge in [-0.15, -0.1) is 0 Å². The van der Waals surface area contributed by atoms with Gasteiger partial charge in [0.2, 0.25) is 10.0 Å². The molecule has 9 nitrogen and oxygen atoms in total. The van der Waals surface area contributed by atoms with E-state index < -0.39 is 14.9 Å². The molecule has 0 amide bonds. The summed E-state index contributed by atoms with van der Waals surface area (Å²) in [6.07, 6.45) is 0. The number of nitro benzene ring substituents is 1. The topological polar surface area (TPSA) is 141 Å². The molecule has 3 N–H and O–H groups in total. The van der Waals surface area contributed by atoms with Gasteiger partial charge in [0.25, 0.3) is 5.69 Å². The number of hydrogen-bond donors (Lipinski definition) is 2. The largest absolute Gasteiger partial charge is 0.398 e. The number of nitrogens with one attached hydrogen (secondary N) is 1. The second-order valence-corrected chi connectivity index (χ2v) is 5.97. The Labute approximate surface area is 119 Å². The average Bonchev–Trinajstić information content (AvgIpc) is 2.82. The first-order chi connectivity index (χ1) is 9.79. The highest BCUT2D eigenvalue weighted by Gasteiger charge is 2.21. The number of hydrogen-bond acceptors (Lipinski definition) is 7. The van der Waals surface area contributed by atoms with Crippen molar-refractivity contribution < 1.29 is 17.9 Å². The molecule has 1 aromatic heterocycles. The van der Waals surface area contributed by atoms with Crippen LogP contribution in [0.4, 0.5) is 11.4 Å². The zero-order valence-corrected chi connectivity index (χ0v) is 11.8. The van der Waals surface area contributed by atoms with Gasteiger partial charge in [-0.25, -0.2) is 13.1 Å². The highest BCUT2D eigenvalue weighted by molar-refractivity contribution is 7.89. The van der Waals surface area contributed by atoms with Gasteiger partial charge in [0, 0.05) is 18.2 Å². The van der Waals surface area contributed by atoms with Crippen LogP contribution in [0.3, 0.4) is 0 Å². The first-order valence-corrected chi connectivity index (χ1v) is 7.23. The molecule has 2 rings (SSSR count). The molecule has 0 saturated carbocycles. The van der Waals surface area contributed by atoms with E-state index in [9.17, 15) is 18.5 Å². The monoisotopic (exact) mass is 312 g/mol. The third kappa shape index (κ3) is 3.35. The van der Waals surface area contributed by atoms with Crippen molar-refractivity contribution in [3.63, 3.8) is 0 Å². The van der Waals surface area contributed by atoms with Crippen LogP contribution in [0.25, 0.3) is 0 Å². The molecule has 0 aliphatic carbocycles. The molecule has 0 spiro atoms. The molecule has 0 atom stereocenters. The lowest BCUT2D eigenvalue weighted by Crippen LogP contribution is -2.24. The molecule has 10 heteroatoms. The quantitative estimate of drug-likeness (QED) is 0.475. The first kappa shape index (κ1) is 14.9. The molecule has 0 saturated heterocycles. The Morgan fingerprint density at radius 2 is 2.14 bits per heavy atom. The zero-order valence-electron chi connectivity index (χ0n) is 10.9. The number of benzene rings is 1. The number of aryl methyl sites for hydroxylation is 1. The van der Waals surface area contributed by atoms with E-state index >= 15 is 0 Å². The van der Waals surface area contributed by atoms with Crippen LogP contribution < -0.4 is 10.5 Å². The second-order valence-electron chi connectivity index (χ2n) is 4.23. The van der Waals surface area contributed by atoms with E-state index in [1.807, 2.05) is 0 Å². The number of nitro groups is 1. The predicted octanol–water partition coefficient (Wildman–Crippen LogP) is 0.952. The van der Waals surface area contributed by atoms with E-state index in [1.54, 1.807) is 13.0 Å². The lowest BCUT2D eigenvalue weighted by Gasteiger charge is -2.07. The summed E-state index contributed by atoms with van der Waals surface area (Å²) in [7, 11) is -4.00. The summed E-state index contributed by atoms with van der Waals surface area (Å²) in [5.41, 5.74) is 5.52. The molecule has 2 aromatic rings. The minimum Gasteiger partial charge on any atom is -0.398 e. The summed E-state index contributed by atoms with van der Waals surface area (Å²) in [5, 5.41) is 14.3. The minimum atomic E-state index is -4.00. The van der Waals surface area contributed by atoms with E-state index in [-0.39, 0.29) is 22.8 Å². The van der Waals surface area contributed by atoms with Crippen molar-refractivity contribution in [3.05, 3.63) is 45.8 Å². The molecule has 0 radical (unpaired) electrons. The fourth-order valence-electron chi connectivity index (χ4n) is 1.62. The molecule has 112 valence electrons. The summed E-state index contributed by atoms with van der Waals surface area (Å²) in [5.74, 6) is 0.541. The molecule has 1 aromatic carbocycles. The van der Waals surface area contributed by atoms with Gasteiger partial charge in [-0.3, -0.25) is 10.1 Å². The average molecular weight is 312 g/mol. The minimum absolute atomic E-state index is 0.0792. The Bertz CT molecular complexity index is 784. The van der Waals surface area contributed by atoms with Gasteiger partial charge in [0.1, 0.15) is 10.7 Å². The normalized spacial score (nSPS) is 11.5. The Hall–Kier alpha value is -2.46. The van der Waals surface area contributed by atoms with Crippen molar-refractivity contribution in [1.82, 2.24) is 9.88 Å². The van der Waals surface area contributed by atoms with Crippen molar-refractivity contribution in [2.24, 2.45) is 0 Å². The van der Waals surface area contributed by atoms with Crippen molar-refractivity contribution in [1.29, 1.82) is 0 Å². The second kappa shape index (κ2) is 5.50. The fourth-order valence-corrected chi connectivity index (χ4v) is 2.76. The maximum atomic E-state index is 12.1. The Morgan fingerprint density at radius 1 is 1.43 bits per heavy atom. The van der Waals surface area contributed by atoms with Gasteiger partial charge in [-0.05, 0) is 13.0 Å². The van der Waals surface area contributed by atoms with Crippen LogP contribution in [0.2, 0.25) is 0 Å². The fraction of sp³-hybridized carbons (Fsp3) is 0.182. The van der Waals surface area contributed by atoms with Crippen LogP contribution in [-0.2, 0) is 16.6 Å². The molecule has 0 unspecified atom stereocenters. The third-order valence-corrected chi connectivity index (χ3v) is 4.07. The van der Waals surface area contributed by atoms with Gasteiger partial charge in [0.15, 0.2) is 0 Å². The third-order valence-electron chi connectivity index (χ3n) is 2.62. The first-order valence-electron chi connectivity index (χ1n) is 5.75. The van der Waals surface area contributed by atoms with Crippen molar-refractivity contribution in [2.75, 3.05) is 5.73 Å². The zero-order chi connectivity index (χ0) is 15.6. The van der Waals surface area contributed by atoms with Gasteiger partial charge >= 0.3 is 0 Å². The molecule has 0 fully saturated rings. The van der Waals surface area contributed by atoms with E-state index in [1.165, 1.54) is 6.07 Å². The summed E-state index contributed by atoms with van der Waals surface area (Å²) >= 11 is 0. The SMILES string of the molecule is Cc1cc(CNS(=O)(=O)c2cc([N+](=O)[O-])ccc2N)no1. The number of nitrogens with two attached hydrogens (primary N) is 1. The Kier molecular flexibility index (Phi) is 3.91. The van der Waals surface area contributed by atoms with Gasteiger partial charge in [-0.1, -0.05) is 5.16 Å². The van der Waals surface area contributed by atoms with Crippen LogP contribution in [0.5, 0.6) is 0 Å². The number of non-ortho nitro benzene ring substituents is 1. The van der Waals surface area contributed by atoms with Crippen LogP contribution in [-0.4, -0.2) is 18.5 Å². The van der Waals surface area contributed by atoms with E-state index in [2.05, 4.69) is 9.88 Å². The highest BCUT2D eigenvalue weighted by Crippen LogP contribution is 2.24. The lowest BCUT2D eigenvalue weighted by atomic mass is 10.3. The number of nitrogens with zero attached hydrogens (tertiary/aromatic N) is 2. The number of anilines is 1. The van der Waals surface area contributed by atoms with Crippen molar-refractivity contribution >= 4 is 21.4 Å². The Morgan fingerprint density at radius 3 is 2.71 bits per heavy atom. The summed E-state index contributed by atoms with van der Waals surface area (Å²) in [4.78, 5) is 9.66. The summed E-state index contributed by atoms with van der Waals surface area (Å²) in [6.45, 7) is 1.56. The standard InChI is InChI=1S/C11H12N4O5S/c1-7-4-8(14-20-7)6-13-21(18,19)11-5-9(15(16)17)2-3-10(11)12/h2-5,13H,6,12H2,1H3. The molecule has 21 heavy (non-hydrogen) atoms. The molecular formula is C11H12N4O5S. The van der Waals surface area contributed by atoms with E-state index in [0.717, 1.165) is 12.1 Å². The summed E-state index contributed by atoms with van der Waals surface area (Å²) in [6, 6.07) is 4.79. The number of aromatic nitrogens is 1. The van der Waals surface area contributed by atoms with Crippen molar-refractivity contribution in [2.45, 2.75) is 18.4 Å². The molecule has 0 aliphatic heterocycles. The molecular weight excluding hydrogens is 300 g/mol. The highest BCUT2D eigenvalue weighted by atomic mass is 32.2. The van der Waals surface area contributed by atoms with Crippen LogP contribution in [0.1, 0.15) is 11.5 Å². The molecule has 0 aliphatic rings. The maximum Gasteiger partial charge on any atom is 0.270 e. The number of sulfonamides is 1. The molecule has 1 heterocycles. The summed E-state index contributed by atoms with van der Waals surface area (Å²) < 4.78 is 31.3. The van der Waals surface area contributed by atoms with Crippen molar-refractivity contribution in [3.8, 4) is 0 Å². The van der Waals surface area contributed by atoms with Gasteiger partial charge in [-0.2, -0.15) is 0 Å². The predicted molar refractivity (Wildman–Crippen MR) is 72.8 cm³/mol.